The van der Waals surface area contributed by atoms with Crippen LogP contribution in [0.2, 0.25) is 0 Å². The van der Waals surface area contributed by atoms with Crippen LogP contribution in [-0.2, 0) is 0 Å². The number of rotatable bonds is 4. The number of benzene rings is 1. The summed E-state index contributed by atoms with van der Waals surface area (Å²) in [5, 5.41) is 12.2. The molecule has 2 aliphatic rings. The molecule has 1 fully saturated rings. The Labute approximate surface area is 117 Å². The Bertz CT molecular complexity index is 503. The molecule has 0 bridgehead atoms. The van der Waals surface area contributed by atoms with Gasteiger partial charge in [-0.15, -0.1) is 0 Å². The molecule has 1 aromatic carbocycles. The summed E-state index contributed by atoms with van der Waals surface area (Å²) in [7, 11) is 0. The minimum Gasteiger partial charge on any atom is -0.454 e. The molecule has 108 valence electrons. The van der Waals surface area contributed by atoms with Gasteiger partial charge in [-0.2, -0.15) is 0 Å². The smallest absolute Gasteiger partial charge is 0.251 e. The minimum absolute atomic E-state index is 0.105. The molecule has 0 radical (unpaired) electrons. The number of hydrogen-bond donors (Lipinski definition) is 2. The number of carbonyl (C=O) groups is 1. The average Bonchev–Trinajstić information content (AvgIpc) is 3.12. The molecular weight excluding hydrogens is 258 g/mol. The van der Waals surface area contributed by atoms with Crippen LogP contribution >= 0.6 is 0 Å². The van der Waals surface area contributed by atoms with Gasteiger partial charge in [-0.1, -0.05) is 6.42 Å². The van der Waals surface area contributed by atoms with Crippen molar-refractivity contribution in [2.24, 2.45) is 11.8 Å². The van der Waals surface area contributed by atoms with Gasteiger partial charge in [-0.25, -0.2) is 0 Å². The number of hydrogen-bond acceptors (Lipinski definition) is 4. The molecule has 1 amide bonds. The molecule has 2 atom stereocenters. The molecular formula is C15H19NO4. The number of fused-ring (bicyclic) bond motifs is 1. The largest absolute Gasteiger partial charge is 0.454 e. The molecule has 1 aromatic rings. The first-order valence-electron chi connectivity index (χ1n) is 7.06. The molecule has 2 N–H and O–H groups in total. The number of amides is 1. The first-order valence-corrected chi connectivity index (χ1v) is 7.06. The second-order valence-corrected chi connectivity index (χ2v) is 5.41. The Kier molecular flexibility index (Phi) is 3.78. The molecule has 5 nitrogen and oxygen atoms in total. The topological polar surface area (TPSA) is 67.8 Å². The van der Waals surface area contributed by atoms with Crippen LogP contribution in [0.5, 0.6) is 11.5 Å². The van der Waals surface area contributed by atoms with Crippen LogP contribution in [0.4, 0.5) is 0 Å². The van der Waals surface area contributed by atoms with Gasteiger partial charge in [0.25, 0.3) is 5.91 Å². The van der Waals surface area contributed by atoms with E-state index in [1.165, 1.54) is 0 Å². The van der Waals surface area contributed by atoms with Gasteiger partial charge >= 0.3 is 0 Å². The summed E-state index contributed by atoms with van der Waals surface area (Å²) in [6, 6.07) is 5.19. The predicted molar refractivity (Wildman–Crippen MR) is 72.8 cm³/mol. The highest BCUT2D eigenvalue weighted by Crippen LogP contribution is 2.33. The van der Waals surface area contributed by atoms with E-state index in [-0.39, 0.29) is 19.3 Å². The highest BCUT2D eigenvalue weighted by molar-refractivity contribution is 5.94. The summed E-state index contributed by atoms with van der Waals surface area (Å²) in [4.78, 5) is 12.1. The zero-order valence-electron chi connectivity index (χ0n) is 11.3. The van der Waals surface area contributed by atoms with E-state index in [1.54, 1.807) is 18.2 Å². The Balaban J connectivity index is 1.59. The standard InChI is InChI=1S/C15H19NO4/c17-8-12-3-1-2-11(12)7-16-15(18)10-4-5-13-14(6-10)20-9-19-13/h4-6,11-12,17H,1-3,7-9H2,(H,16,18). The summed E-state index contributed by atoms with van der Waals surface area (Å²) in [6.07, 6.45) is 3.27. The van der Waals surface area contributed by atoms with Gasteiger partial charge < -0.3 is 19.9 Å². The lowest BCUT2D eigenvalue weighted by atomic mass is 9.97. The van der Waals surface area contributed by atoms with Crippen molar-refractivity contribution in [2.45, 2.75) is 19.3 Å². The summed E-state index contributed by atoms with van der Waals surface area (Å²) >= 11 is 0. The van der Waals surface area contributed by atoms with Crippen LogP contribution in [0.1, 0.15) is 29.6 Å². The van der Waals surface area contributed by atoms with Crippen molar-refractivity contribution in [1.82, 2.24) is 5.32 Å². The van der Waals surface area contributed by atoms with Gasteiger partial charge in [-0.05, 0) is 42.9 Å². The molecule has 20 heavy (non-hydrogen) atoms. The van der Waals surface area contributed by atoms with E-state index in [0.717, 1.165) is 19.3 Å². The summed E-state index contributed by atoms with van der Waals surface area (Å²) in [5.74, 6) is 1.90. The van der Waals surface area contributed by atoms with Crippen molar-refractivity contribution in [2.75, 3.05) is 19.9 Å². The van der Waals surface area contributed by atoms with E-state index in [0.29, 0.717) is 35.4 Å². The van der Waals surface area contributed by atoms with E-state index in [1.807, 2.05) is 0 Å². The van der Waals surface area contributed by atoms with E-state index in [2.05, 4.69) is 5.32 Å². The van der Waals surface area contributed by atoms with Gasteiger partial charge in [0.2, 0.25) is 6.79 Å². The predicted octanol–water partition coefficient (Wildman–Crippen LogP) is 1.55. The summed E-state index contributed by atoms with van der Waals surface area (Å²) in [6.45, 7) is 1.05. The number of aliphatic hydroxyl groups excluding tert-OH is 1. The van der Waals surface area contributed by atoms with Crippen molar-refractivity contribution in [3.05, 3.63) is 23.8 Å². The first kappa shape index (κ1) is 13.2. The zero-order chi connectivity index (χ0) is 13.9. The third-order valence-electron chi connectivity index (χ3n) is 4.21. The Morgan fingerprint density at radius 2 is 2.05 bits per heavy atom. The van der Waals surface area contributed by atoms with Crippen LogP contribution in [0, 0.1) is 11.8 Å². The average molecular weight is 277 g/mol. The van der Waals surface area contributed by atoms with E-state index < -0.39 is 0 Å². The monoisotopic (exact) mass is 277 g/mol. The second kappa shape index (κ2) is 5.71. The Morgan fingerprint density at radius 1 is 1.25 bits per heavy atom. The van der Waals surface area contributed by atoms with Crippen LogP contribution < -0.4 is 14.8 Å². The van der Waals surface area contributed by atoms with Gasteiger partial charge in [0, 0.05) is 18.7 Å². The Hall–Kier alpha value is -1.75. The molecule has 5 heteroatoms. The maximum atomic E-state index is 12.1. The number of carbonyl (C=O) groups excluding carboxylic acids is 1. The molecule has 3 rings (SSSR count). The van der Waals surface area contributed by atoms with Gasteiger partial charge in [-0.3, -0.25) is 4.79 Å². The Morgan fingerprint density at radius 3 is 2.90 bits per heavy atom. The van der Waals surface area contributed by atoms with E-state index in [9.17, 15) is 9.90 Å². The van der Waals surface area contributed by atoms with Crippen LogP contribution in [0.3, 0.4) is 0 Å². The van der Waals surface area contributed by atoms with Crippen molar-refractivity contribution in [1.29, 1.82) is 0 Å². The lowest BCUT2D eigenvalue weighted by Gasteiger charge is -2.17. The second-order valence-electron chi connectivity index (χ2n) is 5.41. The third-order valence-corrected chi connectivity index (χ3v) is 4.21. The van der Waals surface area contributed by atoms with Crippen LogP contribution in [-0.4, -0.2) is 31.0 Å². The SMILES string of the molecule is O=C(NCC1CCCC1CO)c1ccc2c(c1)OCO2. The zero-order valence-corrected chi connectivity index (χ0v) is 11.3. The number of aliphatic hydroxyl groups is 1. The first-order chi connectivity index (χ1) is 9.78. The molecule has 0 aromatic heterocycles. The van der Waals surface area contributed by atoms with Gasteiger partial charge in [0.15, 0.2) is 11.5 Å². The van der Waals surface area contributed by atoms with Crippen LogP contribution in [0.15, 0.2) is 18.2 Å². The van der Waals surface area contributed by atoms with Crippen molar-refractivity contribution in [3.63, 3.8) is 0 Å². The lowest BCUT2D eigenvalue weighted by molar-refractivity contribution is 0.0937. The maximum Gasteiger partial charge on any atom is 0.251 e. The lowest BCUT2D eigenvalue weighted by Crippen LogP contribution is -2.31. The molecule has 1 heterocycles. The van der Waals surface area contributed by atoms with Crippen LogP contribution in [0.25, 0.3) is 0 Å². The fraction of sp³-hybridized carbons (Fsp3) is 0.533. The number of nitrogens with one attached hydrogen (secondary N) is 1. The molecule has 0 saturated heterocycles. The minimum atomic E-state index is -0.105. The maximum absolute atomic E-state index is 12.1. The number of ether oxygens (including phenoxy) is 2. The molecule has 1 saturated carbocycles. The molecule has 0 spiro atoms. The highest BCUT2D eigenvalue weighted by atomic mass is 16.7. The molecule has 1 aliphatic heterocycles. The van der Waals surface area contributed by atoms with Gasteiger partial charge in [0.05, 0.1) is 0 Å². The summed E-state index contributed by atoms with van der Waals surface area (Å²) < 4.78 is 10.5. The molecule has 1 aliphatic carbocycles. The van der Waals surface area contributed by atoms with Crippen molar-refractivity contribution >= 4 is 5.91 Å². The highest BCUT2D eigenvalue weighted by Gasteiger charge is 2.27. The fourth-order valence-electron chi connectivity index (χ4n) is 2.99. The quantitative estimate of drug-likeness (QED) is 0.876. The summed E-state index contributed by atoms with van der Waals surface area (Å²) in [5.41, 5.74) is 0.577. The van der Waals surface area contributed by atoms with Gasteiger partial charge in [0.1, 0.15) is 0 Å². The normalized spacial score (nSPS) is 23.9. The third kappa shape index (κ3) is 2.58. The van der Waals surface area contributed by atoms with Crippen molar-refractivity contribution in [3.8, 4) is 11.5 Å². The molecule has 2 unspecified atom stereocenters. The fourth-order valence-corrected chi connectivity index (χ4v) is 2.99. The van der Waals surface area contributed by atoms with E-state index in [4.69, 9.17) is 9.47 Å². The van der Waals surface area contributed by atoms with Crippen molar-refractivity contribution < 1.29 is 19.4 Å². The van der Waals surface area contributed by atoms with E-state index >= 15 is 0 Å².